The maximum atomic E-state index is 2.42. The van der Waals surface area contributed by atoms with E-state index in [4.69, 9.17) is 0 Å². The van der Waals surface area contributed by atoms with Gasteiger partial charge in [0.1, 0.15) is 0 Å². The second-order valence-corrected chi connectivity index (χ2v) is 14.5. The van der Waals surface area contributed by atoms with Crippen molar-refractivity contribution in [2.45, 2.75) is 13.8 Å². The Labute approximate surface area is 322 Å². The Morgan fingerprint density at radius 3 is 1.51 bits per heavy atom. The van der Waals surface area contributed by atoms with Crippen molar-refractivity contribution >= 4 is 48.9 Å². The van der Waals surface area contributed by atoms with Crippen molar-refractivity contribution in [3.8, 4) is 50.2 Å². The van der Waals surface area contributed by atoms with Gasteiger partial charge >= 0.3 is 0 Å². The second-order valence-electron chi connectivity index (χ2n) is 14.5. The molecule has 1 heteroatoms. The van der Waals surface area contributed by atoms with E-state index in [0.29, 0.717) is 0 Å². The number of nitrogens with zero attached hydrogens (tertiary/aromatic N) is 1. The number of para-hydroxylation sites is 1. The minimum absolute atomic E-state index is 1.15. The third-order valence-electron chi connectivity index (χ3n) is 11.4. The van der Waals surface area contributed by atoms with Gasteiger partial charge in [-0.05, 0) is 127 Å². The lowest BCUT2D eigenvalue weighted by molar-refractivity contribution is 1.18. The van der Waals surface area contributed by atoms with Crippen LogP contribution in [0.1, 0.15) is 19.4 Å². The quantitative estimate of drug-likeness (QED) is 0.152. The van der Waals surface area contributed by atoms with E-state index in [1.165, 1.54) is 99.0 Å². The normalized spacial score (nSPS) is 11.9. The van der Waals surface area contributed by atoms with E-state index in [1.54, 1.807) is 0 Å². The van der Waals surface area contributed by atoms with Gasteiger partial charge in [-0.15, -0.1) is 0 Å². The number of allylic oxidation sites excluding steroid dienone is 2. The van der Waals surface area contributed by atoms with E-state index >= 15 is 0 Å². The molecule has 10 rings (SSSR count). The first-order valence-electron chi connectivity index (χ1n) is 19.1. The van der Waals surface area contributed by atoms with E-state index in [0.717, 1.165) is 5.69 Å². The van der Waals surface area contributed by atoms with E-state index in [2.05, 4.69) is 219 Å². The Morgan fingerprint density at radius 1 is 0.364 bits per heavy atom. The molecule has 260 valence electrons. The monoisotopic (exact) mass is 701 g/mol. The van der Waals surface area contributed by atoms with Gasteiger partial charge in [0, 0.05) is 16.5 Å². The molecule has 0 aliphatic heterocycles. The maximum Gasteiger partial charge on any atom is 0.0541 e. The third-order valence-corrected chi connectivity index (χ3v) is 11.4. The van der Waals surface area contributed by atoms with E-state index in [-0.39, 0.29) is 0 Å². The van der Waals surface area contributed by atoms with Crippen molar-refractivity contribution in [1.29, 1.82) is 0 Å². The molecule has 0 saturated carbocycles. The third kappa shape index (κ3) is 5.56. The minimum Gasteiger partial charge on any atom is -0.309 e. The van der Waals surface area contributed by atoms with Crippen LogP contribution in [0.15, 0.2) is 200 Å². The molecule has 0 aliphatic rings. The summed E-state index contributed by atoms with van der Waals surface area (Å²) in [5, 5.41) is 7.57. The van der Waals surface area contributed by atoms with E-state index in [1.807, 2.05) is 0 Å². The smallest absolute Gasteiger partial charge is 0.0541 e. The molecular weight excluding hydrogens is 663 g/mol. The Balaban J connectivity index is 1.12. The Hall–Kier alpha value is -6.96. The van der Waals surface area contributed by atoms with Gasteiger partial charge in [-0.25, -0.2) is 0 Å². The molecule has 55 heavy (non-hydrogen) atoms. The largest absolute Gasteiger partial charge is 0.309 e. The van der Waals surface area contributed by atoms with Crippen LogP contribution in [0.4, 0.5) is 0 Å². The minimum atomic E-state index is 1.15. The molecule has 0 unspecified atom stereocenters. The fourth-order valence-corrected chi connectivity index (χ4v) is 8.51. The zero-order valence-corrected chi connectivity index (χ0v) is 31.0. The first-order chi connectivity index (χ1) is 27.2. The molecule has 0 saturated heterocycles. The summed E-state index contributed by atoms with van der Waals surface area (Å²) in [6, 6.07) is 71.2. The van der Waals surface area contributed by atoms with Gasteiger partial charge in [-0.1, -0.05) is 164 Å². The molecule has 0 atom stereocenters. The topological polar surface area (TPSA) is 4.93 Å². The fraction of sp³-hybridized carbons (Fsp3) is 0.0370. The van der Waals surface area contributed by atoms with Gasteiger partial charge in [0.15, 0.2) is 0 Å². The summed E-state index contributed by atoms with van der Waals surface area (Å²) in [7, 11) is 0. The van der Waals surface area contributed by atoms with Crippen LogP contribution in [0, 0.1) is 0 Å². The van der Waals surface area contributed by atoms with Gasteiger partial charge in [-0.3, -0.25) is 0 Å². The van der Waals surface area contributed by atoms with Crippen LogP contribution in [0.5, 0.6) is 0 Å². The molecule has 0 bridgehead atoms. The van der Waals surface area contributed by atoms with Gasteiger partial charge in [0.25, 0.3) is 0 Å². The Kier molecular flexibility index (Phi) is 8.00. The number of aromatic nitrogens is 1. The molecule has 1 heterocycles. The van der Waals surface area contributed by atoms with Crippen molar-refractivity contribution in [2.24, 2.45) is 0 Å². The molecule has 10 aromatic rings. The maximum absolute atomic E-state index is 2.42. The zero-order valence-electron chi connectivity index (χ0n) is 31.0. The summed E-state index contributed by atoms with van der Waals surface area (Å²) in [5.41, 5.74) is 16.0. The average Bonchev–Trinajstić information content (AvgIpc) is 3.59. The van der Waals surface area contributed by atoms with Crippen molar-refractivity contribution in [1.82, 2.24) is 4.57 Å². The molecule has 0 fully saturated rings. The molecule has 0 spiro atoms. The summed E-state index contributed by atoms with van der Waals surface area (Å²) in [4.78, 5) is 0. The molecule has 1 nitrogen and oxygen atoms in total. The van der Waals surface area contributed by atoms with Crippen LogP contribution >= 0.6 is 0 Å². The molecule has 0 aliphatic carbocycles. The standard InChI is InChI=1S/C54H39N/c1-3-36(2)42-28-32-48-50(34-42)54(47-20-11-10-19-46(47)53(48)40-16-8-5-9-17-40)41-26-30-44(31-27-41)55-51-21-13-12-18-45(51)49-35-43(29-33-52(49)55)39-24-22-38(23-25-39)37-14-6-4-7-15-37/h3-35H,1-2H3/b36-3+. The van der Waals surface area contributed by atoms with E-state index < -0.39 is 0 Å². The van der Waals surface area contributed by atoms with Crippen LogP contribution in [0.2, 0.25) is 0 Å². The van der Waals surface area contributed by atoms with Crippen LogP contribution in [0.3, 0.4) is 0 Å². The van der Waals surface area contributed by atoms with Gasteiger partial charge in [0.2, 0.25) is 0 Å². The van der Waals surface area contributed by atoms with Crippen molar-refractivity contribution < 1.29 is 0 Å². The summed E-state index contributed by atoms with van der Waals surface area (Å²) >= 11 is 0. The Bertz CT molecular complexity index is 3060. The fourth-order valence-electron chi connectivity index (χ4n) is 8.51. The highest BCUT2D eigenvalue weighted by Gasteiger charge is 2.19. The van der Waals surface area contributed by atoms with Crippen molar-refractivity contribution in [3.63, 3.8) is 0 Å². The Morgan fingerprint density at radius 2 is 0.836 bits per heavy atom. The molecule has 1 aromatic heterocycles. The van der Waals surface area contributed by atoms with E-state index in [9.17, 15) is 0 Å². The predicted molar refractivity (Wildman–Crippen MR) is 237 cm³/mol. The molecule has 0 N–H and O–H groups in total. The highest BCUT2D eigenvalue weighted by atomic mass is 15.0. The molecule has 0 amide bonds. The van der Waals surface area contributed by atoms with Gasteiger partial charge in [-0.2, -0.15) is 0 Å². The number of benzene rings is 9. The van der Waals surface area contributed by atoms with Crippen LogP contribution in [-0.4, -0.2) is 4.57 Å². The highest BCUT2D eigenvalue weighted by molar-refractivity contribution is 6.22. The van der Waals surface area contributed by atoms with Gasteiger partial charge < -0.3 is 4.57 Å². The van der Waals surface area contributed by atoms with Crippen LogP contribution in [0.25, 0.3) is 99.1 Å². The molecular formula is C54H39N. The van der Waals surface area contributed by atoms with Crippen LogP contribution < -0.4 is 0 Å². The number of rotatable bonds is 6. The predicted octanol–water partition coefficient (Wildman–Crippen LogP) is 15.2. The van der Waals surface area contributed by atoms with Crippen molar-refractivity contribution in [2.75, 3.05) is 0 Å². The number of hydrogen-bond donors (Lipinski definition) is 0. The van der Waals surface area contributed by atoms with Crippen LogP contribution in [-0.2, 0) is 0 Å². The zero-order chi connectivity index (χ0) is 36.9. The summed E-state index contributed by atoms with van der Waals surface area (Å²) in [6.45, 7) is 4.32. The summed E-state index contributed by atoms with van der Waals surface area (Å²) < 4.78 is 2.42. The first kappa shape index (κ1) is 32.7. The average molecular weight is 702 g/mol. The van der Waals surface area contributed by atoms with Crippen molar-refractivity contribution in [3.05, 3.63) is 206 Å². The summed E-state index contributed by atoms with van der Waals surface area (Å²) in [6.07, 6.45) is 2.20. The second kappa shape index (κ2) is 13.5. The lowest BCUT2D eigenvalue weighted by Crippen LogP contribution is -1.95. The highest BCUT2D eigenvalue weighted by Crippen LogP contribution is 2.45. The number of hydrogen-bond acceptors (Lipinski definition) is 0. The molecule has 0 radical (unpaired) electrons. The lowest BCUT2D eigenvalue weighted by Gasteiger charge is -2.19. The van der Waals surface area contributed by atoms with Gasteiger partial charge in [0.05, 0.1) is 11.0 Å². The first-order valence-corrected chi connectivity index (χ1v) is 19.1. The number of fused-ring (bicyclic) bond motifs is 5. The summed E-state index contributed by atoms with van der Waals surface area (Å²) in [5.74, 6) is 0. The molecule has 9 aromatic carbocycles. The SMILES string of the molecule is C/C=C(\C)c1ccc2c(-c3ccccc3)c3ccccc3c(-c3ccc(-n4c5ccccc5c5cc(-c6ccc(-c7ccccc7)cc6)ccc54)cc3)c2c1. The lowest BCUT2D eigenvalue weighted by atomic mass is 9.85.